The summed E-state index contributed by atoms with van der Waals surface area (Å²) in [5.74, 6) is 0.199. The minimum absolute atomic E-state index is 0.0248. The number of amides is 2. The lowest BCUT2D eigenvalue weighted by Gasteiger charge is -2.28. The zero-order chi connectivity index (χ0) is 16.4. The van der Waals surface area contributed by atoms with Gasteiger partial charge in [-0.3, -0.25) is 14.3 Å². The molecule has 2 aliphatic rings. The number of aromatic nitrogens is 2. The lowest BCUT2D eigenvalue weighted by Crippen LogP contribution is -2.45. The summed E-state index contributed by atoms with van der Waals surface area (Å²) >= 11 is 0. The number of likely N-dealkylation sites (tertiary alicyclic amines) is 1. The Kier molecular flexibility index (Phi) is 4.66. The Labute approximate surface area is 136 Å². The predicted octanol–water partition coefficient (Wildman–Crippen LogP) is 0.127. The summed E-state index contributed by atoms with van der Waals surface area (Å²) in [6.45, 7) is 5.38. The molecule has 1 atom stereocenters. The largest absolute Gasteiger partial charge is 0.343 e. The lowest BCUT2D eigenvalue weighted by molar-refractivity contribution is -0.133. The van der Waals surface area contributed by atoms with E-state index < -0.39 is 6.04 Å². The van der Waals surface area contributed by atoms with Crippen molar-refractivity contribution in [3.05, 3.63) is 17.5 Å². The van der Waals surface area contributed by atoms with Gasteiger partial charge >= 0.3 is 0 Å². The molecule has 3 rings (SSSR count). The van der Waals surface area contributed by atoms with Crippen molar-refractivity contribution in [3.63, 3.8) is 0 Å². The number of rotatable bonds is 4. The summed E-state index contributed by atoms with van der Waals surface area (Å²) < 4.78 is 1.95. The van der Waals surface area contributed by atoms with Crippen molar-refractivity contribution in [3.8, 4) is 0 Å². The number of carbonyl (C=O) groups excluding carboxylic acids is 2. The molecule has 1 aromatic heterocycles. The van der Waals surface area contributed by atoms with Crippen molar-refractivity contribution in [2.75, 3.05) is 19.6 Å². The van der Waals surface area contributed by atoms with Gasteiger partial charge in [-0.05, 0) is 25.8 Å². The smallest absolute Gasteiger partial charge is 0.239 e. The van der Waals surface area contributed by atoms with E-state index >= 15 is 0 Å². The van der Waals surface area contributed by atoms with Crippen LogP contribution in [-0.2, 0) is 29.1 Å². The van der Waals surface area contributed by atoms with Crippen molar-refractivity contribution >= 4 is 11.8 Å². The predicted molar refractivity (Wildman–Crippen MR) is 85.4 cm³/mol. The van der Waals surface area contributed by atoms with Gasteiger partial charge in [0.15, 0.2) is 0 Å². The van der Waals surface area contributed by atoms with Crippen LogP contribution in [0.5, 0.6) is 0 Å². The van der Waals surface area contributed by atoms with Crippen LogP contribution in [0.1, 0.15) is 37.6 Å². The molecule has 1 unspecified atom stereocenters. The molecule has 0 saturated carbocycles. The zero-order valence-corrected chi connectivity index (χ0v) is 13.7. The molecule has 1 aromatic rings. The van der Waals surface area contributed by atoms with E-state index in [0.29, 0.717) is 32.5 Å². The van der Waals surface area contributed by atoms with Crippen molar-refractivity contribution in [1.82, 2.24) is 19.6 Å². The molecule has 2 aliphatic heterocycles. The van der Waals surface area contributed by atoms with Gasteiger partial charge in [0.2, 0.25) is 11.8 Å². The van der Waals surface area contributed by atoms with Gasteiger partial charge in [0, 0.05) is 32.5 Å². The standard InChI is InChI=1S/C16H25N5O2/c1-12(17)16(23)20-8-9-21-14(11-20)10-13(18-21)4-5-15(22)19-6-2-3-7-19/h10,12H,2-9,11,17H2,1H3. The third-order valence-electron chi connectivity index (χ3n) is 4.60. The van der Waals surface area contributed by atoms with Crippen LogP contribution in [0.25, 0.3) is 0 Å². The summed E-state index contributed by atoms with van der Waals surface area (Å²) in [7, 11) is 0. The lowest BCUT2D eigenvalue weighted by atomic mass is 10.2. The molecular formula is C16H25N5O2. The molecule has 126 valence electrons. The average Bonchev–Trinajstić information content (AvgIpc) is 3.19. The van der Waals surface area contributed by atoms with Crippen LogP contribution in [-0.4, -0.2) is 57.1 Å². The SMILES string of the molecule is CC(N)C(=O)N1CCn2nc(CCC(=O)N3CCCC3)cc2C1. The van der Waals surface area contributed by atoms with E-state index in [1.54, 1.807) is 11.8 Å². The van der Waals surface area contributed by atoms with Crippen molar-refractivity contribution in [2.24, 2.45) is 5.73 Å². The first-order valence-corrected chi connectivity index (χ1v) is 8.42. The molecule has 2 N–H and O–H groups in total. The summed E-state index contributed by atoms with van der Waals surface area (Å²) in [6.07, 6.45) is 3.41. The molecule has 2 amide bonds. The Morgan fingerprint density at radius 3 is 2.65 bits per heavy atom. The Morgan fingerprint density at radius 2 is 1.96 bits per heavy atom. The van der Waals surface area contributed by atoms with Gasteiger partial charge in [-0.15, -0.1) is 0 Å². The molecule has 23 heavy (non-hydrogen) atoms. The average molecular weight is 319 g/mol. The summed E-state index contributed by atoms with van der Waals surface area (Å²) in [5, 5.41) is 4.56. The van der Waals surface area contributed by atoms with Crippen LogP contribution in [0.4, 0.5) is 0 Å². The molecule has 0 aromatic carbocycles. The molecule has 0 spiro atoms. The maximum Gasteiger partial charge on any atom is 0.239 e. The first-order chi connectivity index (χ1) is 11.0. The van der Waals surface area contributed by atoms with Gasteiger partial charge in [0.05, 0.1) is 30.5 Å². The molecular weight excluding hydrogens is 294 g/mol. The molecule has 0 aliphatic carbocycles. The van der Waals surface area contributed by atoms with Crippen LogP contribution in [0.3, 0.4) is 0 Å². The number of aryl methyl sites for hydroxylation is 1. The fourth-order valence-corrected chi connectivity index (χ4v) is 3.28. The third-order valence-corrected chi connectivity index (χ3v) is 4.60. The number of fused-ring (bicyclic) bond motifs is 1. The molecule has 0 bridgehead atoms. The van der Waals surface area contributed by atoms with E-state index in [9.17, 15) is 9.59 Å². The molecule has 7 nitrogen and oxygen atoms in total. The summed E-state index contributed by atoms with van der Waals surface area (Å²) in [4.78, 5) is 27.8. The minimum Gasteiger partial charge on any atom is -0.343 e. The Morgan fingerprint density at radius 1 is 1.22 bits per heavy atom. The summed E-state index contributed by atoms with van der Waals surface area (Å²) in [6, 6.07) is 1.54. The second-order valence-electron chi connectivity index (χ2n) is 6.49. The van der Waals surface area contributed by atoms with Crippen LogP contribution in [0, 0.1) is 0 Å². The van der Waals surface area contributed by atoms with Crippen LogP contribution in [0.2, 0.25) is 0 Å². The normalized spacial score (nSPS) is 18.9. The Bertz CT molecular complexity index is 589. The zero-order valence-electron chi connectivity index (χ0n) is 13.7. The van der Waals surface area contributed by atoms with Crippen molar-refractivity contribution < 1.29 is 9.59 Å². The highest BCUT2D eigenvalue weighted by atomic mass is 16.2. The van der Waals surface area contributed by atoms with Crippen LogP contribution < -0.4 is 5.73 Å². The summed E-state index contributed by atoms with van der Waals surface area (Å²) in [5.41, 5.74) is 7.63. The maximum atomic E-state index is 12.1. The second kappa shape index (κ2) is 6.70. The van der Waals surface area contributed by atoms with Gasteiger partial charge in [-0.25, -0.2) is 0 Å². The molecule has 0 radical (unpaired) electrons. The maximum absolute atomic E-state index is 12.1. The second-order valence-corrected chi connectivity index (χ2v) is 6.49. The van der Waals surface area contributed by atoms with Crippen molar-refractivity contribution in [1.29, 1.82) is 0 Å². The molecule has 3 heterocycles. The van der Waals surface area contributed by atoms with Gasteiger partial charge in [0.1, 0.15) is 0 Å². The molecule has 7 heteroatoms. The van der Waals surface area contributed by atoms with E-state index in [2.05, 4.69) is 5.10 Å². The highest BCUT2D eigenvalue weighted by molar-refractivity contribution is 5.81. The van der Waals surface area contributed by atoms with Gasteiger partial charge < -0.3 is 15.5 Å². The first kappa shape index (κ1) is 16.0. The number of nitrogens with zero attached hydrogens (tertiary/aromatic N) is 4. The van der Waals surface area contributed by atoms with Crippen molar-refractivity contribution in [2.45, 2.75) is 51.7 Å². The number of hydrogen-bond donors (Lipinski definition) is 1. The fourth-order valence-electron chi connectivity index (χ4n) is 3.28. The fraction of sp³-hybridized carbons (Fsp3) is 0.688. The monoisotopic (exact) mass is 319 g/mol. The van der Waals surface area contributed by atoms with Gasteiger partial charge in [-0.2, -0.15) is 5.10 Å². The van der Waals surface area contributed by atoms with E-state index in [1.165, 1.54) is 0 Å². The number of hydrogen-bond acceptors (Lipinski definition) is 4. The number of carbonyl (C=O) groups is 2. The third kappa shape index (κ3) is 3.55. The number of nitrogens with two attached hydrogens (primary N) is 1. The van der Waals surface area contributed by atoms with E-state index in [-0.39, 0.29) is 11.8 Å². The Balaban J connectivity index is 1.57. The molecule has 1 fully saturated rings. The van der Waals surface area contributed by atoms with E-state index in [0.717, 1.165) is 37.3 Å². The first-order valence-electron chi connectivity index (χ1n) is 8.42. The van der Waals surface area contributed by atoms with Crippen LogP contribution in [0.15, 0.2) is 6.07 Å². The van der Waals surface area contributed by atoms with E-state index in [1.807, 2.05) is 15.6 Å². The highest BCUT2D eigenvalue weighted by Crippen LogP contribution is 2.16. The van der Waals surface area contributed by atoms with Gasteiger partial charge in [-0.1, -0.05) is 0 Å². The van der Waals surface area contributed by atoms with Gasteiger partial charge in [0.25, 0.3) is 0 Å². The van der Waals surface area contributed by atoms with E-state index in [4.69, 9.17) is 5.73 Å². The topological polar surface area (TPSA) is 84.5 Å². The minimum atomic E-state index is -0.470. The van der Waals surface area contributed by atoms with Crippen LogP contribution >= 0.6 is 0 Å². The molecule has 1 saturated heterocycles. The quantitative estimate of drug-likeness (QED) is 0.855. The highest BCUT2D eigenvalue weighted by Gasteiger charge is 2.24. The Hall–Kier alpha value is -1.89.